The van der Waals surface area contributed by atoms with Gasteiger partial charge in [-0.05, 0) is 24.3 Å². The van der Waals surface area contributed by atoms with E-state index < -0.39 is 5.97 Å². The maximum atomic E-state index is 10.9. The van der Waals surface area contributed by atoms with Gasteiger partial charge in [0.05, 0.1) is 11.4 Å². The predicted molar refractivity (Wildman–Crippen MR) is 79.9 cm³/mol. The molecule has 0 amide bonds. The predicted octanol–water partition coefficient (Wildman–Crippen LogP) is 3.63. The maximum absolute atomic E-state index is 10.9. The Morgan fingerprint density at radius 1 is 0.947 bits per heavy atom. The summed E-state index contributed by atoms with van der Waals surface area (Å²) in [7, 11) is 0. The van der Waals surface area contributed by atoms with Crippen LogP contribution in [0.5, 0.6) is 0 Å². The quantitative estimate of drug-likeness (QED) is 0.862. The largest absolute Gasteiger partial charge is 0.481 e. The third-order valence-corrected chi connectivity index (χ3v) is 2.91. The molecular formula is C15H13NO2S. The standard InChI is InChI=1S/C15H13NO2S/c17-15(18)11-14(19)16(12-7-3-1-4-8-12)13-9-5-2-6-10-13/h1-10H,11H2,(H,17,18). The summed E-state index contributed by atoms with van der Waals surface area (Å²) < 4.78 is 0. The minimum Gasteiger partial charge on any atom is -0.481 e. The highest BCUT2D eigenvalue weighted by Gasteiger charge is 2.16. The molecule has 0 aliphatic heterocycles. The van der Waals surface area contributed by atoms with Crippen molar-refractivity contribution in [2.24, 2.45) is 0 Å². The van der Waals surface area contributed by atoms with E-state index in [0.29, 0.717) is 4.99 Å². The van der Waals surface area contributed by atoms with Gasteiger partial charge in [0.15, 0.2) is 0 Å². The van der Waals surface area contributed by atoms with E-state index in [1.807, 2.05) is 60.7 Å². The second kappa shape index (κ2) is 6.11. The van der Waals surface area contributed by atoms with Gasteiger partial charge in [-0.3, -0.25) is 4.79 Å². The van der Waals surface area contributed by atoms with Gasteiger partial charge in [-0.2, -0.15) is 0 Å². The minimum absolute atomic E-state index is 0.168. The van der Waals surface area contributed by atoms with Crippen LogP contribution < -0.4 is 4.90 Å². The Morgan fingerprint density at radius 2 is 1.37 bits per heavy atom. The van der Waals surface area contributed by atoms with Crippen LogP contribution >= 0.6 is 12.2 Å². The van der Waals surface area contributed by atoms with Gasteiger partial charge < -0.3 is 10.0 Å². The summed E-state index contributed by atoms with van der Waals surface area (Å²) in [6, 6.07) is 19.0. The molecule has 0 spiro atoms. The summed E-state index contributed by atoms with van der Waals surface area (Å²) >= 11 is 5.26. The molecule has 2 aromatic rings. The summed E-state index contributed by atoms with van der Waals surface area (Å²) in [5.74, 6) is -0.929. The molecule has 0 saturated heterocycles. The lowest BCUT2D eigenvalue weighted by atomic mass is 10.2. The number of hydrogen-bond acceptors (Lipinski definition) is 2. The fourth-order valence-corrected chi connectivity index (χ4v) is 2.13. The van der Waals surface area contributed by atoms with Crippen LogP contribution in [0.15, 0.2) is 60.7 Å². The van der Waals surface area contributed by atoms with E-state index in [1.54, 1.807) is 4.90 Å². The normalized spacial score (nSPS) is 9.89. The second-order valence-corrected chi connectivity index (χ2v) is 4.44. The van der Waals surface area contributed by atoms with E-state index in [1.165, 1.54) is 0 Å². The highest BCUT2D eigenvalue weighted by molar-refractivity contribution is 7.80. The SMILES string of the molecule is O=C(O)CC(=S)N(c1ccccc1)c1ccccc1. The lowest BCUT2D eigenvalue weighted by Crippen LogP contribution is -2.26. The van der Waals surface area contributed by atoms with Crippen molar-refractivity contribution in [2.45, 2.75) is 6.42 Å². The van der Waals surface area contributed by atoms with Crippen molar-refractivity contribution in [1.29, 1.82) is 0 Å². The molecule has 2 rings (SSSR count). The molecule has 0 aliphatic rings. The molecule has 0 radical (unpaired) electrons. The number of carbonyl (C=O) groups is 1. The molecule has 0 saturated carbocycles. The van der Waals surface area contributed by atoms with Crippen molar-refractivity contribution >= 4 is 34.6 Å². The van der Waals surface area contributed by atoms with Crippen LogP contribution in [0.4, 0.5) is 11.4 Å². The van der Waals surface area contributed by atoms with Gasteiger partial charge in [0.1, 0.15) is 0 Å². The zero-order valence-electron chi connectivity index (χ0n) is 10.2. The molecule has 0 heterocycles. The number of nitrogens with zero attached hydrogens (tertiary/aromatic N) is 1. The van der Waals surface area contributed by atoms with E-state index in [0.717, 1.165) is 11.4 Å². The number of para-hydroxylation sites is 2. The van der Waals surface area contributed by atoms with Crippen molar-refractivity contribution in [3.05, 3.63) is 60.7 Å². The molecule has 0 unspecified atom stereocenters. The molecule has 4 heteroatoms. The third kappa shape index (κ3) is 3.39. The first kappa shape index (κ1) is 13.2. The fraction of sp³-hybridized carbons (Fsp3) is 0.0667. The van der Waals surface area contributed by atoms with Gasteiger partial charge in [-0.25, -0.2) is 0 Å². The summed E-state index contributed by atoms with van der Waals surface area (Å²) in [6.45, 7) is 0. The lowest BCUT2D eigenvalue weighted by Gasteiger charge is -2.24. The van der Waals surface area contributed by atoms with E-state index in [9.17, 15) is 4.79 Å². The first-order valence-corrected chi connectivity index (χ1v) is 6.24. The summed E-state index contributed by atoms with van der Waals surface area (Å²) in [5.41, 5.74) is 1.72. The van der Waals surface area contributed by atoms with Crippen LogP contribution in [0.3, 0.4) is 0 Å². The Hall–Kier alpha value is -2.20. The number of benzene rings is 2. The molecule has 0 aromatic heterocycles. The topological polar surface area (TPSA) is 40.5 Å². The number of anilines is 2. The van der Waals surface area contributed by atoms with Crippen LogP contribution in [0.2, 0.25) is 0 Å². The molecule has 96 valence electrons. The van der Waals surface area contributed by atoms with Crippen molar-refractivity contribution in [1.82, 2.24) is 0 Å². The molecule has 19 heavy (non-hydrogen) atoms. The second-order valence-electron chi connectivity index (χ2n) is 3.97. The summed E-state index contributed by atoms with van der Waals surface area (Å²) in [4.78, 5) is 13.0. The number of thiocarbonyl (C=S) groups is 1. The average Bonchev–Trinajstić information content (AvgIpc) is 2.40. The Bertz CT molecular complexity index is 530. The number of rotatable bonds is 4. The molecular weight excluding hydrogens is 258 g/mol. The third-order valence-electron chi connectivity index (χ3n) is 2.58. The molecule has 0 atom stereocenters. The number of aliphatic carboxylic acids is 1. The first-order chi connectivity index (χ1) is 9.18. The van der Waals surface area contributed by atoms with Gasteiger partial charge in [0.2, 0.25) is 0 Å². The Labute approximate surface area is 117 Å². The van der Waals surface area contributed by atoms with E-state index in [2.05, 4.69) is 0 Å². The smallest absolute Gasteiger partial charge is 0.310 e. The van der Waals surface area contributed by atoms with Gasteiger partial charge in [0, 0.05) is 11.4 Å². The Balaban J connectivity index is 2.40. The summed E-state index contributed by atoms with van der Waals surface area (Å²) in [5, 5.41) is 8.91. The highest BCUT2D eigenvalue weighted by atomic mass is 32.1. The molecule has 0 fully saturated rings. The maximum Gasteiger partial charge on any atom is 0.310 e. The van der Waals surface area contributed by atoms with Crippen molar-refractivity contribution in [3.63, 3.8) is 0 Å². The zero-order valence-corrected chi connectivity index (χ0v) is 11.0. The molecule has 0 aliphatic carbocycles. The van der Waals surface area contributed by atoms with Crippen LogP contribution in [0.25, 0.3) is 0 Å². The Kier molecular flexibility index (Phi) is 4.26. The Morgan fingerprint density at radius 3 is 1.74 bits per heavy atom. The summed E-state index contributed by atoms with van der Waals surface area (Å²) in [6.07, 6.45) is -0.168. The molecule has 1 N–H and O–H groups in total. The van der Waals surface area contributed by atoms with E-state index >= 15 is 0 Å². The molecule has 2 aromatic carbocycles. The fourth-order valence-electron chi connectivity index (χ4n) is 1.80. The van der Waals surface area contributed by atoms with Gasteiger partial charge in [-0.15, -0.1) is 0 Å². The van der Waals surface area contributed by atoms with Crippen LogP contribution in [-0.2, 0) is 4.79 Å². The molecule has 0 bridgehead atoms. The van der Waals surface area contributed by atoms with Crippen molar-refractivity contribution in [2.75, 3.05) is 4.90 Å². The van der Waals surface area contributed by atoms with Gasteiger partial charge in [0.25, 0.3) is 0 Å². The van der Waals surface area contributed by atoms with Crippen molar-refractivity contribution in [3.8, 4) is 0 Å². The van der Waals surface area contributed by atoms with E-state index in [-0.39, 0.29) is 6.42 Å². The first-order valence-electron chi connectivity index (χ1n) is 5.83. The molecule has 3 nitrogen and oxygen atoms in total. The van der Waals surface area contributed by atoms with Crippen LogP contribution in [0, 0.1) is 0 Å². The monoisotopic (exact) mass is 271 g/mol. The van der Waals surface area contributed by atoms with Crippen molar-refractivity contribution < 1.29 is 9.90 Å². The number of carboxylic acids is 1. The number of hydrogen-bond donors (Lipinski definition) is 1. The minimum atomic E-state index is -0.929. The lowest BCUT2D eigenvalue weighted by molar-refractivity contribution is -0.135. The average molecular weight is 271 g/mol. The number of carboxylic acid groups (broad SMARTS) is 1. The van der Waals surface area contributed by atoms with Crippen LogP contribution in [-0.4, -0.2) is 16.1 Å². The highest BCUT2D eigenvalue weighted by Crippen LogP contribution is 2.26. The van der Waals surface area contributed by atoms with E-state index in [4.69, 9.17) is 17.3 Å². The van der Waals surface area contributed by atoms with Gasteiger partial charge >= 0.3 is 5.97 Å². The van der Waals surface area contributed by atoms with Gasteiger partial charge in [-0.1, -0.05) is 48.6 Å². The van der Waals surface area contributed by atoms with Crippen LogP contribution in [0.1, 0.15) is 6.42 Å². The zero-order chi connectivity index (χ0) is 13.7.